The van der Waals surface area contributed by atoms with E-state index in [1.165, 1.54) is 24.8 Å². The fourth-order valence-electron chi connectivity index (χ4n) is 3.92. The lowest BCUT2D eigenvalue weighted by Crippen LogP contribution is -2.42. The molecule has 1 aliphatic carbocycles. The number of amides is 1. The van der Waals surface area contributed by atoms with Gasteiger partial charge in [0, 0.05) is 38.0 Å². The minimum absolute atomic E-state index is 0. The Kier molecular flexibility index (Phi) is 8.86. The molecule has 0 spiro atoms. The molecule has 1 amide bonds. The Morgan fingerprint density at radius 2 is 1.81 bits per heavy atom. The zero-order valence-electron chi connectivity index (χ0n) is 16.4. The number of nitrogens with one attached hydrogen (secondary N) is 2. The lowest BCUT2D eigenvalue weighted by Gasteiger charge is -2.41. The van der Waals surface area contributed by atoms with Gasteiger partial charge in [-0.25, -0.2) is 0 Å². The van der Waals surface area contributed by atoms with E-state index >= 15 is 0 Å². The molecular weight excluding hydrogens is 451 g/mol. The fourth-order valence-corrected chi connectivity index (χ4v) is 3.92. The topological polar surface area (TPSA) is 56.7 Å². The lowest BCUT2D eigenvalue weighted by atomic mass is 9.64. The van der Waals surface area contributed by atoms with Crippen LogP contribution in [-0.2, 0) is 10.2 Å². The minimum atomic E-state index is 0. The third kappa shape index (κ3) is 5.83. The average molecular weight is 484 g/mol. The second kappa shape index (κ2) is 10.9. The van der Waals surface area contributed by atoms with Crippen LogP contribution in [0.4, 0.5) is 0 Å². The number of hydrogen-bond donors (Lipinski definition) is 2. The van der Waals surface area contributed by atoms with Crippen LogP contribution in [-0.4, -0.2) is 49.5 Å². The summed E-state index contributed by atoms with van der Waals surface area (Å²) >= 11 is 0. The van der Waals surface area contributed by atoms with E-state index in [4.69, 9.17) is 4.99 Å². The highest BCUT2D eigenvalue weighted by atomic mass is 127. The van der Waals surface area contributed by atoms with E-state index in [0.717, 1.165) is 45.0 Å². The Morgan fingerprint density at radius 3 is 2.41 bits per heavy atom. The van der Waals surface area contributed by atoms with Crippen molar-refractivity contribution in [2.24, 2.45) is 4.99 Å². The maximum Gasteiger partial charge on any atom is 0.224 e. The van der Waals surface area contributed by atoms with Gasteiger partial charge in [-0.1, -0.05) is 36.8 Å². The van der Waals surface area contributed by atoms with Crippen LogP contribution in [0.2, 0.25) is 0 Å². The molecule has 27 heavy (non-hydrogen) atoms. The molecule has 0 unspecified atom stereocenters. The van der Waals surface area contributed by atoms with Gasteiger partial charge in [0.05, 0.1) is 6.54 Å². The summed E-state index contributed by atoms with van der Waals surface area (Å²) in [7, 11) is 0. The van der Waals surface area contributed by atoms with Crippen molar-refractivity contribution in [1.29, 1.82) is 0 Å². The SMILES string of the molecule is CCNC(=NCC1(c2ccccc2)CCC1)NCCC(=O)N1CCCC1.I. The molecule has 1 aliphatic heterocycles. The van der Waals surface area contributed by atoms with Crippen molar-refractivity contribution in [2.45, 2.75) is 50.9 Å². The molecule has 2 fully saturated rings. The second-order valence-corrected chi connectivity index (χ2v) is 7.46. The molecule has 0 atom stereocenters. The Labute approximate surface area is 180 Å². The number of carbonyl (C=O) groups is 1. The monoisotopic (exact) mass is 484 g/mol. The van der Waals surface area contributed by atoms with Crippen LogP contribution in [0.1, 0.15) is 51.0 Å². The van der Waals surface area contributed by atoms with Gasteiger partial charge in [-0.3, -0.25) is 9.79 Å². The molecule has 0 radical (unpaired) electrons. The smallest absolute Gasteiger partial charge is 0.224 e. The third-order valence-electron chi connectivity index (χ3n) is 5.67. The second-order valence-electron chi connectivity index (χ2n) is 7.46. The molecule has 3 rings (SSSR count). The van der Waals surface area contributed by atoms with E-state index in [1.807, 2.05) is 4.90 Å². The molecule has 150 valence electrons. The summed E-state index contributed by atoms with van der Waals surface area (Å²) in [6.07, 6.45) is 6.50. The summed E-state index contributed by atoms with van der Waals surface area (Å²) < 4.78 is 0. The van der Waals surface area contributed by atoms with E-state index in [2.05, 4.69) is 47.9 Å². The van der Waals surface area contributed by atoms with Crippen molar-refractivity contribution in [2.75, 3.05) is 32.7 Å². The molecule has 0 bridgehead atoms. The predicted octanol–water partition coefficient (Wildman–Crippen LogP) is 3.29. The largest absolute Gasteiger partial charge is 0.357 e. The van der Waals surface area contributed by atoms with Gasteiger partial charge in [0.25, 0.3) is 0 Å². The van der Waals surface area contributed by atoms with Crippen LogP contribution in [0.5, 0.6) is 0 Å². The minimum Gasteiger partial charge on any atom is -0.357 e. The number of halogens is 1. The summed E-state index contributed by atoms with van der Waals surface area (Å²) in [4.78, 5) is 19.0. The Balaban J connectivity index is 0.00000261. The number of rotatable bonds is 7. The molecule has 1 heterocycles. The van der Waals surface area contributed by atoms with Crippen molar-refractivity contribution in [3.8, 4) is 0 Å². The van der Waals surface area contributed by atoms with E-state index < -0.39 is 0 Å². The van der Waals surface area contributed by atoms with Crippen molar-refractivity contribution >= 4 is 35.8 Å². The van der Waals surface area contributed by atoms with E-state index in [9.17, 15) is 4.79 Å². The van der Waals surface area contributed by atoms with Crippen LogP contribution < -0.4 is 10.6 Å². The number of guanidine groups is 1. The number of nitrogens with zero attached hydrogens (tertiary/aromatic N) is 2. The van der Waals surface area contributed by atoms with Gasteiger partial charge in [-0.2, -0.15) is 0 Å². The standard InChI is InChI=1S/C21H32N4O.HI/c1-2-22-20(23-14-11-19(26)25-15-6-7-16-25)24-17-21(12-8-13-21)18-9-4-3-5-10-18;/h3-5,9-10H,2,6-8,11-17H2,1H3,(H2,22,23,24);1H. The number of aliphatic imine (C=N–C) groups is 1. The highest BCUT2D eigenvalue weighted by molar-refractivity contribution is 14.0. The molecule has 0 aromatic heterocycles. The third-order valence-corrected chi connectivity index (χ3v) is 5.67. The Morgan fingerprint density at radius 1 is 1.11 bits per heavy atom. The predicted molar refractivity (Wildman–Crippen MR) is 122 cm³/mol. The first-order valence-corrected chi connectivity index (χ1v) is 10.1. The number of hydrogen-bond acceptors (Lipinski definition) is 2. The van der Waals surface area contributed by atoms with Gasteiger partial charge in [0.1, 0.15) is 0 Å². The normalized spacial score (nSPS) is 18.4. The molecule has 1 aromatic rings. The van der Waals surface area contributed by atoms with Crippen LogP contribution in [0, 0.1) is 0 Å². The highest BCUT2D eigenvalue weighted by Gasteiger charge is 2.38. The molecular formula is C21H33IN4O. The van der Waals surface area contributed by atoms with Crippen molar-refractivity contribution in [3.63, 3.8) is 0 Å². The lowest BCUT2D eigenvalue weighted by molar-refractivity contribution is -0.129. The average Bonchev–Trinajstić information content (AvgIpc) is 3.16. The maximum atomic E-state index is 12.2. The van der Waals surface area contributed by atoms with Crippen molar-refractivity contribution < 1.29 is 4.79 Å². The summed E-state index contributed by atoms with van der Waals surface area (Å²) in [6.45, 7) is 6.18. The van der Waals surface area contributed by atoms with Crippen molar-refractivity contribution in [1.82, 2.24) is 15.5 Å². The van der Waals surface area contributed by atoms with Gasteiger partial charge in [0.2, 0.25) is 5.91 Å². The van der Waals surface area contributed by atoms with Crippen LogP contribution in [0.15, 0.2) is 35.3 Å². The zero-order chi connectivity index (χ0) is 18.2. The van der Waals surface area contributed by atoms with E-state index in [1.54, 1.807) is 0 Å². The first-order chi connectivity index (χ1) is 12.7. The number of likely N-dealkylation sites (tertiary alicyclic amines) is 1. The van der Waals surface area contributed by atoms with E-state index in [0.29, 0.717) is 13.0 Å². The maximum absolute atomic E-state index is 12.2. The molecule has 2 N–H and O–H groups in total. The van der Waals surface area contributed by atoms with Gasteiger partial charge in [-0.15, -0.1) is 24.0 Å². The molecule has 1 saturated heterocycles. The van der Waals surface area contributed by atoms with E-state index in [-0.39, 0.29) is 35.3 Å². The van der Waals surface area contributed by atoms with Gasteiger partial charge >= 0.3 is 0 Å². The summed E-state index contributed by atoms with van der Waals surface area (Å²) in [5, 5.41) is 6.65. The first kappa shape index (κ1) is 22.0. The quantitative estimate of drug-likeness (QED) is 0.355. The molecule has 6 heteroatoms. The summed E-state index contributed by atoms with van der Waals surface area (Å²) in [5.41, 5.74) is 1.59. The summed E-state index contributed by atoms with van der Waals surface area (Å²) in [5.74, 6) is 1.08. The van der Waals surface area contributed by atoms with Crippen LogP contribution >= 0.6 is 24.0 Å². The molecule has 1 saturated carbocycles. The highest BCUT2D eigenvalue weighted by Crippen LogP contribution is 2.43. The van der Waals surface area contributed by atoms with Crippen molar-refractivity contribution in [3.05, 3.63) is 35.9 Å². The van der Waals surface area contributed by atoms with Crippen LogP contribution in [0.3, 0.4) is 0 Å². The number of carbonyl (C=O) groups excluding carboxylic acids is 1. The first-order valence-electron chi connectivity index (χ1n) is 10.1. The summed E-state index contributed by atoms with van der Waals surface area (Å²) in [6, 6.07) is 10.8. The van der Waals surface area contributed by atoms with Gasteiger partial charge in [-0.05, 0) is 38.2 Å². The Hall–Kier alpha value is -1.31. The Bertz CT molecular complexity index is 610. The van der Waals surface area contributed by atoms with Gasteiger partial charge < -0.3 is 15.5 Å². The van der Waals surface area contributed by atoms with Crippen LogP contribution in [0.25, 0.3) is 0 Å². The van der Waals surface area contributed by atoms with Gasteiger partial charge in [0.15, 0.2) is 5.96 Å². The molecule has 1 aromatic carbocycles. The zero-order valence-corrected chi connectivity index (χ0v) is 18.7. The fraction of sp³-hybridized carbons (Fsp3) is 0.619. The molecule has 5 nitrogen and oxygen atoms in total. The molecule has 2 aliphatic rings. The number of benzene rings is 1.